The van der Waals surface area contributed by atoms with Crippen molar-refractivity contribution in [2.75, 3.05) is 25.0 Å². The number of ether oxygens (including phenoxy) is 1. The SMILES string of the molecule is CCc1ccc(C(=O)NCCCC[C@H](NC(=O)[C@H](Cc2ccc(C(F)(F)P(=O)(O)O)cc2)NC(=O)[C@H](Cc2ccccc2)NC(=O)CO[C@H]2C[C@@H](C)CC[C@@H]2C(C)C)C(=O)NCCCCC(=O)Nc2cccc3c2CN(C2CCC(=O)NC2=O)C3=O)cc1. The fourth-order valence-corrected chi connectivity index (χ4v) is 11.9. The molecule has 2 fully saturated rings. The Morgan fingerprint density at radius 1 is 0.727 bits per heavy atom. The maximum absolute atomic E-state index is 14.8. The highest BCUT2D eigenvalue weighted by molar-refractivity contribution is 7.52. The molecule has 474 valence electrons. The summed E-state index contributed by atoms with van der Waals surface area (Å²) in [6.07, 6.45) is 4.51. The largest absolute Gasteiger partial charge is 0.399 e. The second-order valence-corrected chi connectivity index (χ2v) is 25.1. The fourth-order valence-electron chi connectivity index (χ4n) is 11.4. The van der Waals surface area contributed by atoms with E-state index in [1.165, 1.54) is 4.90 Å². The van der Waals surface area contributed by atoms with Crippen LogP contribution in [-0.4, -0.2) is 118 Å². The van der Waals surface area contributed by atoms with Gasteiger partial charge in [-0.25, -0.2) is 0 Å². The number of unbranched alkanes of at least 4 members (excludes halogenated alkanes) is 2. The third kappa shape index (κ3) is 18.7. The summed E-state index contributed by atoms with van der Waals surface area (Å²) >= 11 is 0. The average Bonchev–Trinajstić information content (AvgIpc) is 2.51. The van der Waals surface area contributed by atoms with Gasteiger partial charge in [0, 0.05) is 73.3 Å². The maximum Gasteiger partial charge on any atom is 0.399 e. The van der Waals surface area contributed by atoms with Gasteiger partial charge >= 0.3 is 13.3 Å². The summed E-state index contributed by atoms with van der Waals surface area (Å²) in [5.41, 5.74) is -1.93. The standard InChI is InChI=1S/C64H81F2N8O13P/c1-5-41-21-25-44(26-22-41)58(78)67-32-11-9-17-50(59(79)68-33-12-10-19-55(75)69-49-18-13-16-47-48(49)37-74(63(47)83)53-30-31-56(76)73-62(53)82)71-61(81)52(36-43-23-27-45(28-24-43)64(65,66)88(84,85)86)72-60(80)51(35-42-14-7-6-8-15-42)70-57(77)38-87-54-34-40(4)20-29-46(54)39(2)3/h6-8,13-16,18,21-28,39-40,46,50-54H,5,9-12,17,19-20,29-38H2,1-4H3,(H,67,78)(H,68,79)(H,69,75)(H,70,77)(H,71,81)(H,72,80)(H,73,76,82)(H2,84,85,86)/t40-,46+,50-,51-,52-,53?,54-/m0/s1. The van der Waals surface area contributed by atoms with Crippen LogP contribution >= 0.6 is 7.60 Å². The van der Waals surface area contributed by atoms with Crippen molar-refractivity contribution in [1.82, 2.24) is 36.8 Å². The number of aryl methyl sites for hydroxylation is 1. The van der Waals surface area contributed by atoms with Crippen LogP contribution in [0.2, 0.25) is 0 Å². The third-order valence-corrected chi connectivity index (χ3v) is 17.5. The molecule has 7 rings (SSSR count). The van der Waals surface area contributed by atoms with Crippen LogP contribution in [0.1, 0.15) is 147 Å². The lowest BCUT2D eigenvalue weighted by molar-refractivity contribution is -0.137. The zero-order chi connectivity index (χ0) is 63.7. The van der Waals surface area contributed by atoms with E-state index in [-0.39, 0.29) is 94.2 Å². The molecule has 1 saturated carbocycles. The monoisotopic (exact) mass is 1240 g/mol. The van der Waals surface area contributed by atoms with Gasteiger partial charge in [-0.05, 0) is 116 Å². The van der Waals surface area contributed by atoms with Gasteiger partial charge in [0.05, 0.1) is 6.10 Å². The second-order valence-electron chi connectivity index (χ2n) is 23.4. The predicted octanol–water partition coefficient (Wildman–Crippen LogP) is 6.48. The van der Waals surface area contributed by atoms with Crippen molar-refractivity contribution in [3.63, 3.8) is 0 Å². The summed E-state index contributed by atoms with van der Waals surface area (Å²) in [5, 5.41) is 19.1. The summed E-state index contributed by atoms with van der Waals surface area (Å²) in [6, 6.07) is 19.8. The molecule has 4 aromatic carbocycles. The maximum atomic E-state index is 14.8. The first-order valence-electron chi connectivity index (χ1n) is 30.2. The van der Waals surface area contributed by atoms with Crippen molar-refractivity contribution >= 4 is 66.4 Å². The molecule has 88 heavy (non-hydrogen) atoms. The molecule has 0 radical (unpaired) electrons. The lowest BCUT2D eigenvalue weighted by atomic mass is 9.75. The first-order chi connectivity index (χ1) is 41.9. The topological polar surface area (TPSA) is 308 Å². The number of halogens is 2. The number of anilines is 1. The lowest BCUT2D eigenvalue weighted by Gasteiger charge is -2.37. The molecule has 1 saturated heterocycles. The molecule has 24 heteroatoms. The van der Waals surface area contributed by atoms with Crippen molar-refractivity contribution in [2.24, 2.45) is 17.8 Å². The van der Waals surface area contributed by atoms with Gasteiger partial charge in [-0.15, -0.1) is 0 Å². The van der Waals surface area contributed by atoms with E-state index in [0.29, 0.717) is 65.5 Å². The molecule has 4 aromatic rings. The summed E-state index contributed by atoms with van der Waals surface area (Å²) in [7, 11) is -5.95. The van der Waals surface area contributed by atoms with Gasteiger partial charge < -0.3 is 51.3 Å². The minimum atomic E-state index is -5.95. The molecular formula is C64H81F2N8O13P. The van der Waals surface area contributed by atoms with E-state index >= 15 is 0 Å². The molecule has 0 spiro atoms. The smallest absolute Gasteiger partial charge is 0.368 e. The molecule has 7 atom stereocenters. The molecule has 3 aliphatic rings. The van der Waals surface area contributed by atoms with Gasteiger partial charge in [0.2, 0.25) is 41.4 Å². The Morgan fingerprint density at radius 3 is 2.02 bits per heavy atom. The zero-order valence-corrected chi connectivity index (χ0v) is 51.0. The van der Waals surface area contributed by atoms with E-state index in [1.54, 1.807) is 60.7 Å². The Kier molecular flexibility index (Phi) is 24.2. The highest BCUT2D eigenvalue weighted by Crippen LogP contribution is 2.59. The highest BCUT2D eigenvalue weighted by atomic mass is 31.2. The van der Waals surface area contributed by atoms with Gasteiger partial charge in [-0.3, -0.25) is 53.0 Å². The molecule has 0 aromatic heterocycles. The fraction of sp³-hybridized carbons (Fsp3) is 0.484. The number of hydrogen-bond acceptors (Lipinski definition) is 11. The molecule has 1 unspecified atom stereocenters. The molecule has 9 N–H and O–H groups in total. The Balaban J connectivity index is 1.05. The van der Waals surface area contributed by atoms with Crippen LogP contribution in [0.3, 0.4) is 0 Å². The van der Waals surface area contributed by atoms with E-state index < -0.39 is 84.3 Å². The number of alkyl halides is 2. The Hall–Kier alpha value is -7.72. The summed E-state index contributed by atoms with van der Waals surface area (Å²) in [6.45, 7) is 8.33. The van der Waals surface area contributed by atoms with Gasteiger partial charge in [-0.1, -0.05) is 107 Å². The number of amides is 9. The Labute approximate surface area is 511 Å². The first kappa shape index (κ1) is 67.8. The second kappa shape index (κ2) is 31.5. The third-order valence-electron chi connectivity index (χ3n) is 16.5. The Bertz CT molecular complexity index is 3180. The predicted molar refractivity (Wildman–Crippen MR) is 323 cm³/mol. The number of imide groups is 1. The van der Waals surface area contributed by atoms with Crippen LogP contribution in [0, 0.1) is 17.8 Å². The molecule has 2 heterocycles. The van der Waals surface area contributed by atoms with Gasteiger partial charge in [0.1, 0.15) is 30.8 Å². The van der Waals surface area contributed by atoms with Crippen molar-refractivity contribution in [3.05, 3.63) is 136 Å². The van der Waals surface area contributed by atoms with Crippen LogP contribution in [0.5, 0.6) is 0 Å². The molecular weight excluding hydrogens is 1160 g/mol. The molecule has 21 nitrogen and oxygen atoms in total. The quantitative estimate of drug-likeness (QED) is 0.0154. The van der Waals surface area contributed by atoms with Gasteiger partial charge in [0.15, 0.2) is 0 Å². The number of piperidine rings is 1. The number of fused-ring (bicyclic) bond motifs is 1. The van der Waals surface area contributed by atoms with E-state index in [9.17, 15) is 66.3 Å². The molecule has 9 amide bonds. The summed E-state index contributed by atoms with van der Waals surface area (Å²) < 4.78 is 47.6. The summed E-state index contributed by atoms with van der Waals surface area (Å²) in [4.78, 5) is 142. The average molecular weight is 1240 g/mol. The van der Waals surface area contributed by atoms with E-state index in [4.69, 9.17) is 4.74 Å². The van der Waals surface area contributed by atoms with Gasteiger partial charge in [0.25, 0.3) is 11.8 Å². The molecule has 2 aliphatic heterocycles. The Morgan fingerprint density at radius 2 is 1.36 bits per heavy atom. The minimum Gasteiger partial charge on any atom is -0.368 e. The van der Waals surface area contributed by atoms with Crippen molar-refractivity contribution < 1.29 is 71.0 Å². The number of rotatable bonds is 30. The normalized spacial score (nSPS) is 18.7. The molecule has 1 aliphatic carbocycles. The number of hydrogen-bond donors (Lipinski definition) is 9. The summed E-state index contributed by atoms with van der Waals surface area (Å²) in [5.74, 6) is -4.03. The van der Waals surface area contributed by atoms with Crippen LogP contribution in [0.15, 0.2) is 97.1 Å². The lowest BCUT2D eigenvalue weighted by Crippen LogP contribution is -2.58. The number of carbonyl (C=O) groups is 9. The van der Waals surface area contributed by atoms with E-state index in [0.717, 1.165) is 55.5 Å². The number of nitrogens with one attached hydrogen (secondary N) is 7. The zero-order valence-electron chi connectivity index (χ0n) is 50.1. The number of carbonyl (C=O) groups excluding carboxylic acids is 9. The number of benzene rings is 4. The first-order valence-corrected chi connectivity index (χ1v) is 31.8. The van der Waals surface area contributed by atoms with Crippen LogP contribution in [0.4, 0.5) is 14.5 Å². The van der Waals surface area contributed by atoms with Crippen molar-refractivity contribution in [1.29, 1.82) is 0 Å². The van der Waals surface area contributed by atoms with Crippen molar-refractivity contribution in [3.8, 4) is 0 Å². The van der Waals surface area contributed by atoms with Crippen LogP contribution in [0.25, 0.3) is 0 Å². The highest BCUT2D eigenvalue weighted by Gasteiger charge is 2.50. The van der Waals surface area contributed by atoms with Crippen LogP contribution < -0.4 is 37.2 Å². The van der Waals surface area contributed by atoms with E-state index in [2.05, 4.69) is 58.0 Å². The van der Waals surface area contributed by atoms with Crippen molar-refractivity contribution in [2.45, 2.75) is 160 Å². The van der Waals surface area contributed by atoms with E-state index in [1.807, 2.05) is 19.1 Å². The molecule has 0 bridgehead atoms. The van der Waals surface area contributed by atoms with Crippen LogP contribution in [-0.2, 0) is 74.3 Å². The van der Waals surface area contributed by atoms with Gasteiger partial charge in [-0.2, -0.15) is 8.78 Å². The number of nitrogens with zero attached hydrogens (tertiary/aromatic N) is 1. The minimum absolute atomic E-state index is 0.00935.